The molecular formula is C11H14N2O3. The van der Waals surface area contributed by atoms with E-state index in [1.807, 2.05) is 0 Å². The van der Waals surface area contributed by atoms with Gasteiger partial charge in [0.2, 0.25) is 5.91 Å². The summed E-state index contributed by atoms with van der Waals surface area (Å²) in [7, 11) is 0. The molecule has 5 nitrogen and oxygen atoms in total. The van der Waals surface area contributed by atoms with Crippen molar-refractivity contribution in [2.45, 2.75) is 13.3 Å². The van der Waals surface area contributed by atoms with Gasteiger partial charge in [-0.2, -0.15) is 0 Å². The summed E-state index contributed by atoms with van der Waals surface area (Å²) in [5.74, 6) is 0.551. The van der Waals surface area contributed by atoms with E-state index in [1.165, 1.54) is 6.26 Å². The van der Waals surface area contributed by atoms with E-state index in [9.17, 15) is 9.59 Å². The number of nitrogens with zero attached hydrogens (tertiary/aromatic N) is 1. The molecular weight excluding hydrogens is 208 g/mol. The first-order valence-electron chi connectivity index (χ1n) is 5.28. The molecule has 1 saturated heterocycles. The van der Waals surface area contributed by atoms with Crippen LogP contribution in [0.25, 0.3) is 0 Å². The van der Waals surface area contributed by atoms with Crippen molar-refractivity contribution < 1.29 is 14.0 Å². The Kier molecular flexibility index (Phi) is 2.94. The topological polar surface area (TPSA) is 62.6 Å². The lowest BCUT2D eigenvalue weighted by atomic mass is 10.2. The first-order chi connectivity index (χ1) is 7.68. The molecule has 1 N–H and O–H groups in total. The second kappa shape index (κ2) is 4.38. The summed E-state index contributed by atoms with van der Waals surface area (Å²) in [4.78, 5) is 24.9. The van der Waals surface area contributed by atoms with Crippen LogP contribution in [0, 0.1) is 6.92 Å². The lowest BCUT2D eigenvalue weighted by Gasteiger charge is -2.18. The van der Waals surface area contributed by atoms with Gasteiger partial charge in [0.25, 0.3) is 5.91 Å². The van der Waals surface area contributed by atoms with Gasteiger partial charge in [0.05, 0.1) is 11.8 Å². The second-order valence-corrected chi connectivity index (χ2v) is 3.78. The van der Waals surface area contributed by atoms with Crippen molar-refractivity contribution in [3.8, 4) is 0 Å². The van der Waals surface area contributed by atoms with Gasteiger partial charge in [-0.05, 0) is 13.0 Å². The van der Waals surface area contributed by atoms with E-state index in [4.69, 9.17) is 4.42 Å². The number of furan rings is 1. The zero-order valence-corrected chi connectivity index (χ0v) is 9.16. The molecule has 2 amide bonds. The maximum Gasteiger partial charge on any atom is 0.257 e. The van der Waals surface area contributed by atoms with Crippen LogP contribution >= 0.6 is 0 Å². The van der Waals surface area contributed by atoms with Gasteiger partial charge in [-0.3, -0.25) is 9.59 Å². The number of aryl methyl sites for hydroxylation is 1. The first-order valence-corrected chi connectivity index (χ1v) is 5.28. The molecule has 0 aliphatic carbocycles. The van der Waals surface area contributed by atoms with Crippen LogP contribution in [0.5, 0.6) is 0 Å². The van der Waals surface area contributed by atoms with Gasteiger partial charge in [-0.1, -0.05) is 0 Å². The lowest BCUT2D eigenvalue weighted by molar-refractivity contribution is -0.120. The molecule has 0 unspecified atom stereocenters. The second-order valence-electron chi connectivity index (χ2n) is 3.78. The molecule has 0 atom stereocenters. The van der Waals surface area contributed by atoms with Gasteiger partial charge in [-0.25, -0.2) is 0 Å². The standard InChI is InChI=1S/C11H14N2O3/c1-8-9(3-7-16-8)11(15)13-5-2-10(14)12-4-6-13/h3,7H,2,4-6H2,1H3,(H,12,14). The van der Waals surface area contributed by atoms with E-state index in [0.717, 1.165) is 0 Å². The predicted octanol–water partition coefficient (Wildman–Crippen LogP) is 0.550. The number of amides is 2. The van der Waals surface area contributed by atoms with Crippen LogP contribution in [-0.2, 0) is 4.79 Å². The summed E-state index contributed by atoms with van der Waals surface area (Å²) < 4.78 is 5.10. The number of nitrogens with one attached hydrogen (secondary N) is 1. The maximum absolute atomic E-state index is 12.1. The van der Waals surface area contributed by atoms with E-state index < -0.39 is 0 Å². The lowest BCUT2D eigenvalue weighted by Crippen LogP contribution is -2.34. The van der Waals surface area contributed by atoms with Crippen molar-refractivity contribution in [3.05, 3.63) is 23.7 Å². The molecule has 86 valence electrons. The smallest absolute Gasteiger partial charge is 0.257 e. The zero-order chi connectivity index (χ0) is 11.5. The van der Waals surface area contributed by atoms with Gasteiger partial charge >= 0.3 is 0 Å². The summed E-state index contributed by atoms with van der Waals surface area (Å²) in [6.45, 7) is 3.29. The monoisotopic (exact) mass is 222 g/mol. The van der Waals surface area contributed by atoms with Crippen LogP contribution in [0.15, 0.2) is 16.7 Å². The van der Waals surface area contributed by atoms with Crippen LogP contribution in [-0.4, -0.2) is 36.3 Å². The van der Waals surface area contributed by atoms with E-state index in [-0.39, 0.29) is 11.8 Å². The Balaban J connectivity index is 2.10. The minimum absolute atomic E-state index is 0.000726. The molecule has 2 rings (SSSR count). The number of hydrogen-bond acceptors (Lipinski definition) is 3. The fourth-order valence-corrected chi connectivity index (χ4v) is 1.75. The number of rotatable bonds is 1. The molecule has 1 aromatic rings. The normalized spacial score (nSPS) is 16.8. The van der Waals surface area contributed by atoms with Crippen LogP contribution in [0.1, 0.15) is 22.5 Å². The van der Waals surface area contributed by atoms with Crippen molar-refractivity contribution in [1.29, 1.82) is 0 Å². The summed E-state index contributed by atoms with van der Waals surface area (Å²) in [5.41, 5.74) is 0.578. The summed E-state index contributed by atoms with van der Waals surface area (Å²) >= 11 is 0. The fraction of sp³-hybridized carbons (Fsp3) is 0.455. The average molecular weight is 222 g/mol. The minimum Gasteiger partial charge on any atom is -0.469 e. The van der Waals surface area contributed by atoms with Crippen molar-refractivity contribution in [1.82, 2.24) is 10.2 Å². The van der Waals surface area contributed by atoms with E-state index >= 15 is 0 Å². The third kappa shape index (κ3) is 2.08. The Hall–Kier alpha value is -1.78. The van der Waals surface area contributed by atoms with Crippen molar-refractivity contribution >= 4 is 11.8 Å². The third-order valence-electron chi connectivity index (χ3n) is 2.69. The van der Waals surface area contributed by atoms with Crippen LogP contribution in [0.2, 0.25) is 0 Å². The van der Waals surface area contributed by atoms with E-state index in [1.54, 1.807) is 17.9 Å². The predicted molar refractivity (Wildman–Crippen MR) is 57.0 cm³/mol. The fourth-order valence-electron chi connectivity index (χ4n) is 1.75. The van der Waals surface area contributed by atoms with E-state index in [0.29, 0.717) is 37.4 Å². The Bertz CT molecular complexity index is 411. The average Bonchev–Trinajstić information content (AvgIpc) is 2.56. The number of hydrogen-bond donors (Lipinski definition) is 1. The summed E-state index contributed by atoms with van der Waals surface area (Å²) in [6, 6.07) is 1.66. The highest BCUT2D eigenvalue weighted by Crippen LogP contribution is 2.12. The van der Waals surface area contributed by atoms with Crippen LogP contribution < -0.4 is 5.32 Å². The highest BCUT2D eigenvalue weighted by molar-refractivity contribution is 5.95. The molecule has 0 bridgehead atoms. The molecule has 0 aromatic carbocycles. The quantitative estimate of drug-likeness (QED) is 0.754. The maximum atomic E-state index is 12.1. The number of carbonyl (C=O) groups excluding carboxylic acids is 2. The first kappa shape index (κ1) is 10.7. The Morgan fingerprint density at radius 2 is 2.31 bits per heavy atom. The molecule has 1 aliphatic rings. The molecule has 1 aromatic heterocycles. The third-order valence-corrected chi connectivity index (χ3v) is 2.69. The molecule has 1 fully saturated rings. The van der Waals surface area contributed by atoms with Crippen molar-refractivity contribution in [2.24, 2.45) is 0 Å². The molecule has 1 aliphatic heterocycles. The molecule has 2 heterocycles. The zero-order valence-electron chi connectivity index (χ0n) is 9.16. The van der Waals surface area contributed by atoms with Gasteiger partial charge in [0.15, 0.2) is 0 Å². The minimum atomic E-state index is -0.0669. The SMILES string of the molecule is Cc1occc1C(=O)N1CCNC(=O)CC1. The molecule has 5 heteroatoms. The molecule has 16 heavy (non-hydrogen) atoms. The van der Waals surface area contributed by atoms with Gasteiger partial charge in [0, 0.05) is 26.1 Å². The van der Waals surface area contributed by atoms with Gasteiger partial charge in [-0.15, -0.1) is 0 Å². The van der Waals surface area contributed by atoms with Crippen LogP contribution in [0.3, 0.4) is 0 Å². The van der Waals surface area contributed by atoms with Gasteiger partial charge in [0.1, 0.15) is 5.76 Å². The highest BCUT2D eigenvalue weighted by Gasteiger charge is 2.21. The van der Waals surface area contributed by atoms with Crippen molar-refractivity contribution in [2.75, 3.05) is 19.6 Å². The Labute approximate surface area is 93.4 Å². The van der Waals surface area contributed by atoms with Crippen molar-refractivity contribution in [3.63, 3.8) is 0 Å². The number of carbonyl (C=O) groups is 2. The van der Waals surface area contributed by atoms with E-state index in [2.05, 4.69) is 5.32 Å². The van der Waals surface area contributed by atoms with Crippen LogP contribution in [0.4, 0.5) is 0 Å². The molecule has 0 saturated carbocycles. The Morgan fingerprint density at radius 3 is 3.00 bits per heavy atom. The molecule has 0 radical (unpaired) electrons. The largest absolute Gasteiger partial charge is 0.469 e. The molecule has 0 spiro atoms. The Morgan fingerprint density at radius 1 is 1.50 bits per heavy atom. The summed E-state index contributed by atoms with van der Waals surface area (Å²) in [6.07, 6.45) is 1.87. The highest BCUT2D eigenvalue weighted by atomic mass is 16.3. The van der Waals surface area contributed by atoms with Gasteiger partial charge < -0.3 is 14.6 Å². The summed E-state index contributed by atoms with van der Waals surface area (Å²) in [5, 5.41) is 2.73.